The Kier molecular flexibility index (Phi) is 2.33. The van der Waals surface area contributed by atoms with E-state index in [2.05, 4.69) is 0 Å². The van der Waals surface area contributed by atoms with E-state index in [1.165, 1.54) is 0 Å². The van der Waals surface area contributed by atoms with E-state index in [9.17, 15) is 0 Å². The lowest BCUT2D eigenvalue weighted by molar-refractivity contribution is 0.182. The topological polar surface area (TPSA) is 80.9 Å². The van der Waals surface area contributed by atoms with E-state index >= 15 is 0 Å². The monoisotopic (exact) mass is 118 g/mol. The van der Waals surface area contributed by atoms with Crippen LogP contribution in [0.4, 0.5) is 0 Å². The Balaban J connectivity index is 3.76. The first kappa shape index (κ1) is 6.68. The lowest BCUT2D eigenvalue weighted by atomic mass is 10.6. The van der Waals surface area contributed by atoms with Crippen LogP contribution in [0.15, 0.2) is 24.0 Å². The Labute approximate surface area is 45.6 Å². The van der Waals surface area contributed by atoms with Gasteiger partial charge in [0, 0.05) is 12.2 Å². The number of aliphatic hydroxyl groups excluding tert-OH is 2. The zero-order valence-electron chi connectivity index (χ0n) is 3.94. The van der Waals surface area contributed by atoms with Gasteiger partial charge in [-0.3, -0.25) is 0 Å². The van der Waals surface area contributed by atoms with Crippen LogP contribution in [0.3, 0.4) is 0 Å². The maximum absolute atomic E-state index is 7.95. The summed E-state index contributed by atoms with van der Waals surface area (Å²) in [5.74, 6) is -1.93. The summed E-state index contributed by atoms with van der Waals surface area (Å²) in [4.78, 5) is 0. The van der Waals surface area contributed by atoms with Gasteiger partial charge < -0.3 is 20.4 Å². The van der Waals surface area contributed by atoms with Gasteiger partial charge in [-0.1, -0.05) is 0 Å². The maximum atomic E-state index is 7.95. The summed E-state index contributed by atoms with van der Waals surface area (Å²) in [5, 5.41) is 31.8. The molecule has 0 unspecified atom stereocenters. The average molecular weight is 118 g/mol. The second kappa shape index (κ2) is 2.79. The third kappa shape index (κ3) is 4.68. The van der Waals surface area contributed by atoms with Crippen molar-refractivity contribution in [2.45, 2.75) is 0 Å². The number of hydrogen-bond acceptors (Lipinski definition) is 4. The van der Waals surface area contributed by atoms with Crippen LogP contribution < -0.4 is 0 Å². The van der Waals surface area contributed by atoms with Crippen LogP contribution in [-0.4, -0.2) is 20.4 Å². The summed E-state index contributed by atoms with van der Waals surface area (Å²) in [6.45, 7) is 0. The Morgan fingerprint density at radius 3 is 1.12 bits per heavy atom. The van der Waals surface area contributed by atoms with E-state index in [0.717, 1.165) is 12.2 Å². The van der Waals surface area contributed by atoms with Gasteiger partial charge in [0.15, 0.2) is 0 Å². The maximum Gasteiger partial charge on any atom is 0.274 e. The minimum Gasteiger partial charge on any atom is -0.481 e. The zero-order valence-corrected chi connectivity index (χ0v) is 3.94. The highest BCUT2D eigenvalue weighted by atomic mass is 16.5. The molecule has 0 saturated carbocycles. The van der Waals surface area contributed by atoms with Crippen LogP contribution >= 0.6 is 0 Å². The van der Waals surface area contributed by atoms with Crippen molar-refractivity contribution in [2.75, 3.05) is 0 Å². The van der Waals surface area contributed by atoms with Gasteiger partial charge >= 0.3 is 0 Å². The van der Waals surface area contributed by atoms with Gasteiger partial charge in [0.25, 0.3) is 11.9 Å². The summed E-state index contributed by atoms with van der Waals surface area (Å²) in [6, 6.07) is 0. The number of aliphatic hydroxyl groups is 4. The number of hydrogen-bond donors (Lipinski definition) is 4. The molecule has 0 aliphatic heterocycles. The molecule has 0 aromatic heterocycles. The Hall–Kier alpha value is -1.32. The second-order valence-electron chi connectivity index (χ2n) is 1.05. The van der Waals surface area contributed by atoms with E-state index in [1.807, 2.05) is 0 Å². The molecule has 0 amide bonds. The average Bonchev–Trinajstić information content (AvgIpc) is 1.61. The number of rotatable bonds is 1. The normalized spacial score (nSPS) is 7.50. The van der Waals surface area contributed by atoms with Crippen molar-refractivity contribution in [3.8, 4) is 0 Å². The van der Waals surface area contributed by atoms with Gasteiger partial charge in [-0.05, 0) is 0 Å². The second-order valence-corrected chi connectivity index (χ2v) is 1.05. The van der Waals surface area contributed by atoms with E-state index < -0.39 is 11.9 Å². The highest BCUT2D eigenvalue weighted by Gasteiger charge is 1.80. The third-order valence-electron chi connectivity index (χ3n) is 0.381. The van der Waals surface area contributed by atoms with Crippen molar-refractivity contribution in [3.63, 3.8) is 0 Å². The van der Waals surface area contributed by atoms with Gasteiger partial charge in [0.1, 0.15) is 0 Å². The molecule has 0 rings (SSSR count). The van der Waals surface area contributed by atoms with E-state index in [-0.39, 0.29) is 0 Å². The van der Waals surface area contributed by atoms with Crippen LogP contribution in [0.1, 0.15) is 0 Å². The minimum absolute atomic E-state index is 0.731. The van der Waals surface area contributed by atoms with Crippen molar-refractivity contribution < 1.29 is 20.4 Å². The molecular formula is C4H6O4. The highest BCUT2D eigenvalue weighted by molar-refractivity contribution is 5.01. The van der Waals surface area contributed by atoms with Gasteiger partial charge in [-0.15, -0.1) is 0 Å². The predicted octanol–water partition coefficient (Wildman–Crippen LogP) is 0.901. The molecule has 0 saturated heterocycles. The minimum atomic E-state index is -0.967. The van der Waals surface area contributed by atoms with Gasteiger partial charge in [0.05, 0.1) is 0 Å². The molecule has 0 aromatic rings. The van der Waals surface area contributed by atoms with Crippen LogP contribution in [-0.2, 0) is 0 Å². The quantitative estimate of drug-likeness (QED) is 0.304. The molecule has 4 heteroatoms. The first-order valence-corrected chi connectivity index (χ1v) is 1.81. The molecule has 0 spiro atoms. The summed E-state index contributed by atoms with van der Waals surface area (Å²) in [5.41, 5.74) is 0. The Morgan fingerprint density at radius 2 is 1.00 bits per heavy atom. The lowest BCUT2D eigenvalue weighted by Crippen LogP contribution is -1.76. The smallest absolute Gasteiger partial charge is 0.274 e. The molecule has 0 aliphatic rings. The molecule has 0 aliphatic carbocycles. The Bertz CT molecular complexity index is 100. The van der Waals surface area contributed by atoms with Crippen LogP contribution in [0.25, 0.3) is 0 Å². The van der Waals surface area contributed by atoms with Crippen molar-refractivity contribution in [2.24, 2.45) is 0 Å². The van der Waals surface area contributed by atoms with E-state index in [1.54, 1.807) is 0 Å². The van der Waals surface area contributed by atoms with Crippen molar-refractivity contribution >= 4 is 0 Å². The molecule has 0 bridgehead atoms. The molecule has 0 radical (unpaired) electrons. The SMILES string of the molecule is OC(O)=CC=C(O)O. The fraction of sp³-hybridized carbons (Fsp3) is 0. The molecule has 0 heterocycles. The standard InChI is InChI=1S/C4H6O4/c5-3(6)1-2-4(7)8/h1-2,5-8H. The zero-order chi connectivity index (χ0) is 6.57. The van der Waals surface area contributed by atoms with Gasteiger partial charge in [-0.2, -0.15) is 0 Å². The molecule has 0 aromatic carbocycles. The third-order valence-corrected chi connectivity index (χ3v) is 0.381. The molecule has 0 fully saturated rings. The van der Waals surface area contributed by atoms with Crippen LogP contribution in [0, 0.1) is 0 Å². The Morgan fingerprint density at radius 1 is 0.750 bits per heavy atom. The summed E-state index contributed by atoms with van der Waals surface area (Å²) >= 11 is 0. The lowest BCUT2D eigenvalue weighted by Gasteiger charge is -1.82. The van der Waals surface area contributed by atoms with Crippen LogP contribution in [0.5, 0.6) is 0 Å². The molecule has 0 atom stereocenters. The van der Waals surface area contributed by atoms with Gasteiger partial charge in [0.2, 0.25) is 0 Å². The molecule has 4 N–H and O–H groups in total. The first-order chi connectivity index (χ1) is 3.63. The first-order valence-electron chi connectivity index (χ1n) is 1.81. The van der Waals surface area contributed by atoms with Crippen molar-refractivity contribution in [1.82, 2.24) is 0 Å². The molecule has 46 valence electrons. The van der Waals surface area contributed by atoms with E-state index in [4.69, 9.17) is 20.4 Å². The van der Waals surface area contributed by atoms with Crippen LogP contribution in [0.2, 0.25) is 0 Å². The van der Waals surface area contributed by atoms with Gasteiger partial charge in [-0.25, -0.2) is 0 Å². The molecule has 8 heavy (non-hydrogen) atoms. The summed E-state index contributed by atoms with van der Waals surface area (Å²) in [7, 11) is 0. The predicted molar refractivity (Wildman–Crippen MR) is 26.7 cm³/mol. The molecular weight excluding hydrogens is 112 g/mol. The fourth-order valence-corrected chi connectivity index (χ4v) is 0.149. The summed E-state index contributed by atoms with van der Waals surface area (Å²) in [6.07, 6.45) is 1.46. The number of allylic oxidation sites excluding steroid dienone is 2. The largest absolute Gasteiger partial charge is 0.481 e. The fourth-order valence-electron chi connectivity index (χ4n) is 0.149. The molecule has 4 nitrogen and oxygen atoms in total. The highest BCUT2D eigenvalue weighted by Crippen LogP contribution is 1.84. The summed E-state index contributed by atoms with van der Waals surface area (Å²) < 4.78 is 0. The van der Waals surface area contributed by atoms with Crippen molar-refractivity contribution in [1.29, 1.82) is 0 Å². The van der Waals surface area contributed by atoms with Crippen molar-refractivity contribution in [3.05, 3.63) is 24.0 Å². The van der Waals surface area contributed by atoms with E-state index in [0.29, 0.717) is 0 Å².